The predicted molar refractivity (Wildman–Crippen MR) is 115 cm³/mol. The van der Waals surface area contributed by atoms with Crippen LogP contribution in [0.3, 0.4) is 0 Å². The molecule has 1 saturated heterocycles. The molecule has 2 aromatic carbocycles. The van der Waals surface area contributed by atoms with Gasteiger partial charge in [0.1, 0.15) is 0 Å². The molecule has 0 saturated carbocycles. The highest BCUT2D eigenvalue weighted by Gasteiger charge is 2.27. The van der Waals surface area contributed by atoms with Crippen LogP contribution in [0.1, 0.15) is 28.8 Å². The standard InChI is InChI=1S/C24H31N3O/c1-18-7-3-4-8-20(18)15-27-13-12-26(16-21(27)11-14-28)17-24-19(2)22-9-5-6-10-23(22)25-24/h3-10,21,25,28H,11-17H2,1-2H3. The summed E-state index contributed by atoms with van der Waals surface area (Å²) in [5.74, 6) is 0. The SMILES string of the molecule is Cc1ccccc1CN1CCN(Cc2[nH]c3ccccc3c2C)CC1CCO. The number of piperazine rings is 1. The second-order valence-corrected chi connectivity index (χ2v) is 8.07. The van der Waals surface area contributed by atoms with E-state index < -0.39 is 0 Å². The van der Waals surface area contributed by atoms with Crippen molar-refractivity contribution in [1.29, 1.82) is 0 Å². The van der Waals surface area contributed by atoms with Crippen molar-refractivity contribution in [3.63, 3.8) is 0 Å². The van der Waals surface area contributed by atoms with Gasteiger partial charge in [-0.05, 0) is 43.0 Å². The van der Waals surface area contributed by atoms with E-state index in [2.05, 4.69) is 77.2 Å². The summed E-state index contributed by atoms with van der Waals surface area (Å²) in [4.78, 5) is 8.69. The van der Waals surface area contributed by atoms with Crippen molar-refractivity contribution in [2.45, 2.75) is 39.4 Å². The van der Waals surface area contributed by atoms with Gasteiger partial charge in [0.25, 0.3) is 0 Å². The Morgan fingerprint density at radius 3 is 2.57 bits per heavy atom. The van der Waals surface area contributed by atoms with Crippen molar-refractivity contribution in [1.82, 2.24) is 14.8 Å². The predicted octanol–water partition coefficient (Wildman–Crippen LogP) is 3.85. The molecule has 4 nitrogen and oxygen atoms in total. The van der Waals surface area contributed by atoms with E-state index in [1.54, 1.807) is 0 Å². The molecular weight excluding hydrogens is 346 g/mol. The van der Waals surface area contributed by atoms with Crippen molar-refractivity contribution in [2.24, 2.45) is 0 Å². The van der Waals surface area contributed by atoms with Gasteiger partial charge in [0.15, 0.2) is 0 Å². The number of para-hydroxylation sites is 1. The van der Waals surface area contributed by atoms with Crippen LogP contribution in [0.25, 0.3) is 10.9 Å². The Kier molecular flexibility index (Phi) is 5.81. The molecule has 3 aromatic rings. The summed E-state index contributed by atoms with van der Waals surface area (Å²) in [5, 5.41) is 10.9. The van der Waals surface area contributed by atoms with Gasteiger partial charge in [-0.2, -0.15) is 0 Å². The third-order valence-electron chi connectivity index (χ3n) is 6.24. The fourth-order valence-electron chi connectivity index (χ4n) is 4.46. The molecular formula is C24H31N3O. The van der Waals surface area contributed by atoms with Crippen molar-refractivity contribution in [2.75, 3.05) is 26.2 Å². The highest BCUT2D eigenvalue weighted by Crippen LogP contribution is 2.24. The molecule has 0 radical (unpaired) electrons. The number of aryl methyl sites for hydroxylation is 2. The Morgan fingerprint density at radius 2 is 1.79 bits per heavy atom. The lowest BCUT2D eigenvalue weighted by molar-refractivity contribution is 0.0493. The maximum Gasteiger partial charge on any atom is 0.0459 e. The van der Waals surface area contributed by atoms with E-state index in [0.717, 1.165) is 39.1 Å². The monoisotopic (exact) mass is 377 g/mol. The number of rotatable bonds is 6. The fraction of sp³-hybridized carbons (Fsp3) is 0.417. The molecule has 4 rings (SSSR count). The summed E-state index contributed by atoms with van der Waals surface area (Å²) in [6, 6.07) is 17.6. The summed E-state index contributed by atoms with van der Waals surface area (Å²) in [6.45, 7) is 9.66. The van der Waals surface area contributed by atoms with Gasteiger partial charge in [-0.15, -0.1) is 0 Å². The van der Waals surface area contributed by atoms with E-state index in [-0.39, 0.29) is 6.61 Å². The van der Waals surface area contributed by atoms with Crippen molar-refractivity contribution < 1.29 is 5.11 Å². The molecule has 1 aliphatic heterocycles. The highest BCUT2D eigenvalue weighted by molar-refractivity contribution is 5.84. The molecule has 1 fully saturated rings. The Balaban J connectivity index is 1.46. The van der Waals surface area contributed by atoms with Gasteiger partial charge in [-0.3, -0.25) is 9.80 Å². The number of aliphatic hydroxyl groups excluding tert-OH is 1. The first-order chi connectivity index (χ1) is 13.7. The van der Waals surface area contributed by atoms with E-state index in [1.165, 1.54) is 33.3 Å². The molecule has 0 bridgehead atoms. The van der Waals surface area contributed by atoms with Crippen molar-refractivity contribution >= 4 is 10.9 Å². The Labute approximate surface area is 167 Å². The molecule has 28 heavy (non-hydrogen) atoms. The number of hydrogen-bond acceptors (Lipinski definition) is 3. The quantitative estimate of drug-likeness (QED) is 0.686. The topological polar surface area (TPSA) is 42.5 Å². The summed E-state index contributed by atoms with van der Waals surface area (Å²) in [6.07, 6.45) is 0.827. The van der Waals surface area contributed by atoms with E-state index in [1.807, 2.05) is 0 Å². The number of fused-ring (bicyclic) bond motifs is 1. The van der Waals surface area contributed by atoms with E-state index in [9.17, 15) is 5.11 Å². The molecule has 1 atom stereocenters. The van der Waals surface area contributed by atoms with E-state index >= 15 is 0 Å². The van der Waals surface area contributed by atoms with Crippen molar-refractivity contribution in [3.05, 3.63) is 70.9 Å². The molecule has 1 aromatic heterocycles. The van der Waals surface area contributed by atoms with Crippen LogP contribution < -0.4 is 0 Å². The third kappa shape index (κ3) is 4.00. The number of aromatic amines is 1. The maximum atomic E-state index is 9.62. The molecule has 4 heteroatoms. The van der Waals surface area contributed by atoms with Crippen LogP contribution in [0.15, 0.2) is 48.5 Å². The zero-order chi connectivity index (χ0) is 19.5. The van der Waals surface area contributed by atoms with Crippen LogP contribution in [-0.2, 0) is 13.1 Å². The zero-order valence-corrected chi connectivity index (χ0v) is 17.0. The molecule has 0 amide bonds. The average Bonchev–Trinajstić information content (AvgIpc) is 3.01. The summed E-state index contributed by atoms with van der Waals surface area (Å²) in [5.41, 5.74) is 6.64. The van der Waals surface area contributed by atoms with Crippen molar-refractivity contribution in [3.8, 4) is 0 Å². The molecule has 2 N–H and O–H groups in total. The van der Waals surface area contributed by atoms with Crippen LogP contribution in [-0.4, -0.2) is 52.2 Å². The van der Waals surface area contributed by atoms with E-state index in [4.69, 9.17) is 0 Å². The zero-order valence-electron chi connectivity index (χ0n) is 17.0. The average molecular weight is 378 g/mol. The minimum atomic E-state index is 0.244. The number of aromatic nitrogens is 1. The number of hydrogen-bond donors (Lipinski definition) is 2. The lowest BCUT2D eigenvalue weighted by Crippen LogP contribution is -2.52. The van der Waals surface area contributed by atoms with Gasteiger partial charge < -0.3 is 10.1 Å². The van der Waals surface area contributed by atoms with Gasteiger partial charge in [-0.1, -0.05) is 42.5 Å². The number of nitrogens with zero attached hydrogens (tertiary/aromatic N) is 2. The lowest BCUT2D eigenvalue weighted by atomic mass is 10.0. The second-order valence-electron chi connectivity index (χ2n) is 8.07. The van der Waals surface area contributed by atoms with Gasteiger partial charge in [0.2, 0.25) is 0 Å². The molecule has 148 valence electrons. The fourth-order valence-corrected chi connectivity index (χ4v) is 4.46. The lowest BCUT2D eigenvalue weighted by Gasteiger charge is -2.41. The second kappa shape index (κ2) is 8.48. The third-order valence-corrected chi connectivity index (χ3v) is 6.24. The normalized spacial score (nSPS) is 18.8. The van der Waals surface area contributed by atoms with Gasteiger partial charge in [0, 0.05) is 62.0 Å². The maximum absolute atomic E-state index is 9.62. The minimum absolute atomic E-state index is 0.244. The van der Waals surface area contributed by atoms with Crippen LogP contribution in [0.2, 0.25) is 0 Å². The molecule has 0 aliphatic carbocycles. The van der Waals surface area contributed by atoms with Crippen LogP contribution in [0.5, 0.6) is 0 Å². The summed E-state index contributed by atoms with van der Waals surface area (Å²) in [7, 11) is 0. The first-order valence-corrected chi connectivity index (χ1v) is 10.3. The summed E-state index contributed by atoms with van der Waals surface area (Å²) < 4.78 is 0. The molecule has 0 spiro atoms. The molecule has 1 aliphatic rings. The van der Waals surface area contributed by atoms with Crippen LogP contribution >= 0.6 is 0 Å². The molecule has 2 heterocycles. The largest absolute Gasteiger partial charge is 0.396 e. The number of aliphatic hydroxyl groups is 1. The minimum Gasteiger partial charge on any atom is -0.396 e. The van der Waals surface area contributed by atoms with Crippen LogP contribution in [0.4, 0.5) is 0 Å². The Hall–Kier alpha value is -2.14. The van der Waals surface area contributed by atoms with Crippen LogP contribution in [0, 0.1) is 13.8 Å². The smallest absolute Gasteiger partial charge is 0.0459 e. The first-order valence-electron chi connectivity index (χ1n) is 10.3. The number of benzene rings is 2. The Morgan fingerprint density at radius 1 is 1.00 bits per heavy atom. The van der Waals surface area contributed by atoms with Gasteiger partial charge in [0.05, 0.1) is 0 Å². The first kappa shape index (κ1) is 19.2. The van der Waals surface area contributed by atoms with Gasteiger partial charge >= 0.3 is 0 Å². The van der Waals surface area contributed by atoms with Gasteiger partial charge in [-0.25, -0.2) is 0 Å². The highest BCUT2D eigenvalue weighted by atomic mass is 16.3. The molecule has 1 unspecified atom stereocenters. The van der Waals surface area contributed by atoms with E-state index in [0.29, 0.717) is 6.04 Å². The summed E-state index contributed by atoms with van der Waals surface area (Å²) >= 11 is 0. The Bertz CT molecular complexity index is 932. The number of H-pyrrole nitrogens is 1. The number of nitrogens with one attached hydrogen (secondary N) is 1.